The van der Waals surface area contributed by atoms with Crippen LogP contribution in [0.2, 0.25) is 5.15 Å². The summed E-state index contributed by atoms with van der Waals surface area (Å²) < 4.78 is 5.43. The lowest BCUT2D eigenvalue weighted by Crippen LogP contribution is -2.06. The van der Waals surface area contributed by atoms with E-state index in [2.05, 4.69) is 4.98 Å². The molecule has 0 saturated heterocycles. The molecule has 15 heavy (non-hydrogen) atoms. The van der Waals surface area contributed by atoms with Gasteiger partial charge in [-0.05, 0) is 6.92 Å². The Labute approximate surface area is 101 Å². The van der Waals surface area contributed by atoms with Crippen molar-refractivity contribution in [2.24, 2.45) is 0 Å². The normalized spacial score (nSPS) is 10.3. The topological polar surface area (TPSA) is 59.4 Å². The molecular weight excluding hydrogens is 258 g/mol. The van der Waals surface area contributed by atoms with Gasteiger partial charge in [-0.3, -0.25) is 4.79 Å². The van der Waals surface area contributed by atoms with E-state index in [4.69, 9.17) is 21.4 Å². The third-order valence-electron chi connectivity index (χ3n) is 1.39. The number of thioether (sulfide) groups is 1. The predicted octanol–water partition coefficient (Wildman–Crippen LogP) is 1.94. The van der Waals surface area contributed by atoms with Crippen molar-refractivity contribution in [1.29, 1.82) is 0 Å². The highest BCUT2D eigenvalue weighted by atomic mass is 35.5. The van der Waals surface area contributed by atoms with E-state index in [0.717, 1.165) is 0 Å². The van der Waals surface area contributed by atoms with Crippen molar-refractivity contribution >= 4 is 40.7 Å². The molecule has 0 radical (unpaired) electrons. The van der Waals surface area contributed by atoms with Gasteiger partial charge in [0.15, 0.2) is 4.34 Å². The maximum absolute atomic E-state index is 11.0. The first kappa shape index (κ1) is 12.8. The minimum Gasteiger partial charge on any atom is -0.465 e. The van der Waals surface area contributed by atoms with Crippen LogP contribution in [0.3, 0.4) is 0 Å². The Balaban J connectivity index is 2.47. The van der Waals surface area contributed by atoms with Crippen molar-refractivity contribution in [2.45, 2.75) is 17.9 Å². The number of hydrogen-bond acceptors (Lipinski definition) is 6. The molecule has 1 aromatic rings. The molecule has 0 aliphatic carbocycles. The minimum atomic E-state index is -0.278. The van der Waals surface area contributed by atoms with Gasteiger partial charge in [-0.2, -0.15) is 0 Å². The number of carbonyl (C=O) groups is 1. The second-order valence-corrected chi connectivity index (χ2v) is 5.11. The highest BCUT2D eigenvalue weighted by Crippen LogP contribution is 2.30. The van der Waals surface area contributed by atoms with E-state index < -0.39 is 0 Å². The number of carbonyl (C=O) groups excluding carboxylic acids is 1. The van der Waals surface area contributed by atoms with Crippen molar-refractivity contribution in [3.8, 4) is 0 Å². The number of rotatable bonds is 5. The molecule has 1 aromatic heterocycles. The van der Waals surface area contributed by atoms with Crippen molar-refractivity contribution < 1.29 is 14.6 Å². The number of thiazole rings is 1. The van der Waals surface area contributed by atoms with E-state index >= 15 is 0 Å². The molecule has 0 fully saturated rings. The fraction of sp³-hybridized carbons (Fsp3) is 0.500. The summed E-state index contributed by atoms with van der Waals surface area (Å²) in [5.74, 6) is -0.0675. The Kier molecular flexibility index (Phi) is 5.38. The van der Waals surface area contributed by atoms with Crippen LogP contribution in [-0.4, -0.2) is 28.4 Å². The minimum absolute atomic E-state index is 0.129. The molecule has 0 aliphatic heterocycles. The van der Waals surface area contributed by atoms with Gasteiger partial charge < -0.3 is 9.84 Å². The molecule has 7 heteroatoms. The molecule has 0 aliphatic rings. The van der Waals surface area contributed by atoms with Gasteiger partial charge in [-0.1, -0.05) is 23.4 Å². The van der Waals surface area contributed by atoms with Gasteiger partial charge >= 0.3 is 5.97 Å². The summed E-state index contributed by atoms with van der Waals surface area (Å²) in [6, 6.07) is 0. The van der Waals surface area contributed by atoms with Gasteiger partial charge in [0, 0.05) is 0 Å². The third-order valence-corrected chi connectivity index (χ3v) is 3.97. The number of halogens is 1. The molecule has 1 N–H and O–H groups in total. The Morgan fingerprint density at radius 3 is 3.00 bits per heavy atom. The zero-order chi connectivity index (χ0) is 11.3. The summed E-state index contributed by atoms with van der Waals surface area (Å²) in [4.78, 5) is 15.6. The Morgan fingerprint density at radius 2 is 2.47 bits per heavy atom. The second kappa shape index (κ2) is 6.32. The smallest absolute Gasteiger partial charge is 0.316 e. The van der Waals surface area contributed by atoms with Gasteiger partial charge in [0.05, 0.1) is 23.8 Å². The maximum atomic E-state index is 11.0. The molecule has 84 valence electrons. The van der Waals surface area contributed by atoms with Crippen LogP contribution in [0.1, 0.15) is 11.8 Å². The maximum Gasteiger partial charge on any atom is 0.316 e. The van der Waals surface area contributed by atoms with Crippen LogP contribution in [0.4, 0.5) is 0 Å². The number of aromatic nitrogens is 1. The fourth-order valence-corrected chi connectivity index (χ4v) is 2.89. The zero-order valence-corrected chi connectivity index (χ0v) is 10.4. The van der Waals surface area contributed by atoms with E-state index in [1.54, 1.807) is 6.92 Å². The van der Waals surface area contributed by atoms with E-state index in [1.807, 2.05) is 0 Å². The van der Waals surface area contributed by atoms with Crippen LogP contribution in [0.25, 0.3) is 0 Å². The first-order chi connectivity index (χ1) is 7.17. The first-order valence-corrected chi connectivity index (χ1v) is 6.39. The lowest BCUT2D eigenvalue weighted by atomic mass is 10.6. The number of hydrogen-bond donors (Lipinski definition) is 1. The van der Waals surface area contributed by atoms with Gasteiger partial charge in [0.1, 0.15) is 5.15 Å². The Bertz CT molecular complexity index is 343. The summed E-state index contributed by atoms with van der Waals surface area (Å²) in [6.45, 7) is 2.00. The standard InChI is InChI=1S/C8H10ClNO3S2/c1-2-13-6(12)4-14-8-10-7(9)5(3-11)15-8/h11H,2-4H2,1H3. The molecule has 0 saturated carbocycles. The summed E-state index contributed by atoms with van der Waals surface area (Å²) in [5.41, 5.74) is 0. The van der Waals surface area contributed by atoms with Crippen LogP contribution in [0.5, 0.6) is 0 Å². The van der Waals surface area contributed by atoms with Crippen LogP contribution in [0.15, 0.2) is 4.34 Å². The zero-order valence-electron chi connectivity index (χ0n) is 8.03. The van der Waals surface area contributed by atoms with E-state index in [0.29, 0.717) is 21.0 Å². The average molecular weight is 268 g/mol. The lowest BCUT2D eigenvalue weighted by Gasteiger charge is -1.98. The van der Waals surface area contributed by atoms with Gasteiger partial charge in [0.2, 0.25) is 0 Å². The highest BCUT2D eigenvalue weighted by molar-refractivity contribution is 8.01. The van der Waals surface area contributed by atoms with Gasteiger partial charge in [-0.25, -0.2) is 4.98 Å². The summed E-state index contributed by atoms with van der Waals surface area (Å²) in [5, 5.41) is 9.18. The number of ether oxygens (including phenoxy) is 1. The summed E-state index contributed by atoms with van der Waals surface area (Å²) >= 11 is 8.27. The molecule has 0 atom stereocenters. The predicted molar refractivity (Wildman–Crippen MR) is 60.4 cm³/mol. The van der Waals surface area contributed by atoms with E-state index in [9.17, 15) is 4.79 Å². The highest BCUT2D eigenvalue weighted by Gasteiger charge is 2.10. The van der Waals surface area contributed by atoms with Crippen molar-refractivity contribution in [2.75, 3.05) is 12.4 Å². The first-order valence-electron chi connectivity index (χ1n) is 4.21. The molecular formula is C8H10ClNO3S2. The molecule has 0 bridgehead atoms. The summed E-state index contributed by atoms with van der Waals surface area (Å²) in [7, 11) is 0. The molecule has 0 spiro atoms. The number of esters is 1. The lowest BCUT2D eigenvalue weighted by molar-refractivity contribution is -0.139. The van der Waals surface area contributed by atoms with Crippen LogP contribution >= 0.6 is 34.7 Å². The van der Waals surface area contributed by atoms with Crippen LogP contribution in [0, 0.1) is 0 Å². The summed E-state index contributed by atoms with van der Waals surface area (Å²) in [6.07, 6.45) is 0. The number of aliphatic hydroxyl groups excluding tert-OH is 1. The van der Waals surface area contributed by atoms with Crippen molar-refractivity contribution in [3.05, 3.63) is 10.0 Å². The second-order valence-electron chi connectivity index (χ2n) is 2.45. The average Bonchev–Trinajstić information content (AvgIpc) is 2.56. The van der Waals surface area contributed by atoms with Gasteiger partial charge in [-0.15, -0.1) is 11.3 Å². The fourth-order valence-electron chi connectivity index (χ4n) is 0.795. The molecule has 0 unspecified atom stereocenters. The van der Waals surface area contributed by atoms with Crippen molar-refractivity contribution in [3.63, 3.8) is 0 Å². The molecule has 1 heterocycles. The van der Waals surface area contributed by atoms with Crippen LogP contribution in [-0.2, 0) is 16.1 Å². The Hall–Kier alpha value is -0.300. The largest absolute Gasteiger partial charge is 0.465 e. The van der Waals surface area contributed by atoms with Crippen LogP contribution < -0.4 is 0 Å². The Morgan fingerprint density at radius 1 is 1.73 bits per heavy atom. The third kappa shape index (κ3) is 3.98. The van der Waals surface area contributed by atoms with Crippen molar-refractivity contribution in [1.82, 2.24) is 4.98 Å². The molecule has 4 nitrogen and oxygen atoms in total. The molecule has 0 aromatic carbocycles. The number of aliphatic hydroxyl groups is 1. The monoisotopic (exact) mass is 267 g/mol. The quantitative estimate of drug-likeness (QED) is 0.653. The molecule has 0 amide bonds. The SMILES string of the molecule is CCOC(=O)CSc1nc(Cl)c(CO)s1. The van der Waals surface area contributed by atoms with E-state index in [-0.39, 0.29) is 18.3 Å². The van der Waals surface area contributed by atoms with Gasteiger partial charge in [0.25, 0.3) is 0 Å². The van der Waals surface area contributed by atoms with E-state index in [1.165, 1.54) is 23.1 Å². The number of nitrogens with zero attached hydrogens (tertiary/aromatic N) is 1. The molecule has 1 rings (SSSR count).